The Hall–Kier alpha value is -2.04. The van der Waals surface area contributed by atoms with Crippen LogP contribution in [0.4, 0.5) is 5.69 Å². The topological polar surface area (TPSA) is 81.1 Å². The van der Waals surface area contributed by atoms with Crippen molar-refractivity contribution >= 4 is 22.6 Å². The molecule has 2 rings (SSSR count). The normalized spacial score (nSPS) is 10.8. The van der Waals surface area contributed by atoms with Crippen molar-refractivity contribution in [1.82, 2.24) is 9.78 Å². The number of nitrogens with two attached hydrogens (primary N) is 1. The summed E-state index contributed by atoms with van der Waals surface area (Å²) in [6.45, 7) is 1.85. The summed E-state index contributed by atoms with van der Waals surface area (Å²) in [6.07, 6.45) is 0. The van der Waals surface area contributed by atoms with Gasteiger partial charge in [-0.15, -0.1) is 0 Å². The van der Waals surface area contributed by atoms with Crippen molar-refractivity contribution in [3.05, 3.63) is 23.4 Å². The number of carbonyl (C=O) groups is 1. The summed E-state index contributed by atoms with van der Waals surface area (Å²) < 4.78 is 1.63. The van der Waals surface area contributed by atoms with Gasteiger partial charge in [0.15, 0.2) is 0 Å². The molecule has 0 saturated heterocycles. The summed E-state index contributed by atoms with van der Waals surface area (Å²) in [5, 5.41) is 13.9. The van der Waals surface area contributed by atoms with Gasteiger partial charge in [-0.1, -0.05) is 0 Å². The molecular weight excluding hydrogens is 194 g/mol. The van der Waals surface area contributed by atoms with Gasteiger partial charge < -0.3 is 10.8 Å². The molecular formula is C10H11N3O2. The van der Waals surface area contributed by atoms with Crippen LogP contribution in [0.15, 0.2) is 12.1 Å². The predicted molar refractivity (Wildman–Crippen MR) is 56.8 cm³/mol. The maximum atomic E-state index is 10.8. The third kappa shape index (κ3) is 1.32. The van der Waals surface area contributed by atoms with E-state index in [0.717, 1.165) is 16.6 Å². The van der Waals surface area contributed by atoms with Crippen LogP contribution < -0.4 is 5.73 Å². The van der Waals surface area contributed by atoms with Gasteiger partial charge in [-0.25, -0.2) is 4.79 Å². The fourth-order valence-electron chi connectivity index (χ4n) is 1.75. The molecule has 0 amide bonds. The number of carboxylic acid groups (broad SMARTS) is 1. The first-order valence-electron chi connectivity index (χ1n) is 4.47. The summed E-state index contributed by atoms with van der Waals surface area (Å²) in [6, 6.07) is 3.04. The highest BCUT2D eigenvalue weighted by molar-refractivity contribution is 6.00. The lowest BCUT2D eigenvalue weighted by atomic mass is 10.1. The molecule has 0 aliphatic heterocycles. The Kier molecular flexibility index (Phi) is 1.89. The molecule has 1 heterocycles. The van der Waals surface area contributed by atoms with E-state index in [4.69, 9.17) is 10.8 Å². The van der Waals surface area contributed by atoms with E-state index in [0.29, 0.717) is 5.69 Å². The van der Waals surface area contributed by atoms with E-state index in [2.05, 4.69) is 5.10 Å². The number of rotatable bonds is 1. The van der Waals surface area contributed by atoms with E-state index in [1.165, 1.54) is 6.07 Å². The zero-order valence-corrected chi connectivity index (χ0v) is 8.48. The van der Waals surface area contributed by atoms with Crippen LogP contribution in [0.25, 0.3) is 10.9 Å². The van der Waals surface area contributed by atoms with Crippen LogP contribution in [0.1, 0.15) is 16.1 Å². The number of aryl methyl sites for hydroxylation is 2. The van der Waals surface area contributed by atoms with Crippen LogP contribution in [0, 0.1) is 6.92 Å². The summed E-state index contributed by atoms with van der Waals surface area (Å²) in [5.41, 5.74) is 7.98. The highest BCUT2D eigenvalue weighted by Crippen LogP contribution is 2.25. The van der Waals surface area contributed by atoms with E-state index in [9.17, 15) is 4.79 Å². The van der Waals surface area contributed by atoms with Gasteiger partial charge >= 0.3 is 5.97 Å². The molecule has 5 nitrogen and oxygen atoms in total. The fraction of sp³-hybridized carbons (Fsp3) is 0.200. The second-order valence-corrected chi connectivity index (χ2v) is 3.47. The number of benzene rings is 1. The molecule has 3 N–H and O–H groups in total. The predicted octanol–water partition coefficient (Wildman–Crippen LogP) is 1.16. The lowest BCUT2D eigenvalue weighted by molar-refractivity contribution is 0.0697. The number of aromatic carboxylic acids is 1. The van der Waals surface area contributed by atoms with Crippen LogP contribution in [0.3, 0.4) is 0 Å². The number of nitrogen functional groups attached to an aromatic ring is 1. The molecule has 2 aromatic rings. The third-order valence-electron chi connectivity index (χ3n) is 2.41. The molecule has 1 aromatic carbocycles. The number of fused-ring (bicyclic) bond motifs is 1. The minimum atomic E-state index is -0.984. The summed E-state index contributed by atoms with van der Waals surface area (Å²) in [7, 11) is 1.76. The van der Waals surface area contributed by atoms with Crippen LogP contribution in [0.5, 0.6) is 0 Å². The average molecular weight is 205 g/mol. The van der Waals surface area contributed by atoms with E-state index < -0.39 is 5.97 Å². The van der Waals surface area contributed by atoms with Crippen molar-refractivity contribution in [3.8, 4) is 0 Å². The molecule has 0 spiro atoms. The van der Waals surface area contributed by atoms with Gasteiger partial charge in [0.25, 0.3) is 0 Å². The van der Waals surface area contributed by atoms with Gasteiger partial charge in [-0.2, -0.15) is 5.10 Å². The number of nitrogens with zero attached hydrogens (tertiary/aromatic N) is 2. The van der Waals surface area contributed by atoms with Gasteiger partial charge in [0.2, 0.25) is 0 Å². The Morgan fingerprint density at radius 2 is 2.20 bits per heavy atom. The molecule has 0 fully saturated rings. The summed E-state index contributed by atoms with van der Waals surface area (Å²) in [5.74, 6) is -0.984. The SMILES string of the molecule is Cc1nn(C)c2cc(C(=O)O)cc(N)c12. The molecule has 0 atom stereocenters. The maximum Gasteiger partial charge on any atom is 0.335 e. The molecule has 78 valence electrons. The van der Waals surface area contributed by atoms with Crippen molar-refractivity contribution in [3.63, 3.8) is 0 Å². The molecule has 15 heavy (non-hydrogen) atoms. The number of hydrogen-bond acceptors (Lipinski definition) is 3. The summed E-state index contributed by atoms with van der Waals surface area (Å²) >= 11 is 0. The number of aromatic nitrogens is 2. The average Bonchev–Trinajstić information content (AvgIpc) is 2.42. The van der Waals surface area contributed by atoms with Gasteiger partial charge in [0.1, 0.15) is 0 Å². The Morgan fingerprint density at radius 1 is 1.53 bits per heavy atom. The minimum absolute atomic E-state index is 0.183. The monoisotopic (exact) mass is 205 g/mol. The van der Waals surface area contributed by atoms with Crippen LogP contribution in [-0.4, -0.2) is 20.9 Å². The van der Waals surface area contributed by atoms with Gasteiger partial charge in [-0.05, 0) is 19.1 Å². The highest BCUT2D eigenvalue weighted by atomic mass is 16.4. The van der Waals surface area contributed by atoms with Crippen LogP contribution in [-0.2, 0) is 7.05 Å². The maximum absolute atomic E-state index is 10.8. The lowest BCUT2D eigenvalue weighted by Crippen LogP contribution is -1.99. The quantitative estimate of drug-likeness (QED) is 0.684. The van der Waals surface area contributed by atoms with Gasteiger partial charge in [-0.3, -0.25) is 4.68 Å². The van der Waals surface area contributed by atoms with Gasteiger partial charge in [0.05, 0.1) is 16.8 Å². The van der Waals surface area contributed by atoms with Crippen molar-refractivity contribution in [1.29, 1.82) is 0 Å². The standard InChI is InChI=1S/C10H11N3O2/c1-5-9-7(11)3-6(10(14)15)4-8(9)13(2)12-5/h3-4H,11H2,1-2H3,(H,14,15). The first-order chi connectivity index (χ1) is 7.00. The largest absolute Gasteiger partial charge is 0.478 e. The van der Waals surface area contributed by atoms with Crippen molar-refractivity contribution in [2.24, 2.45) is 7.05 Å². The Bertz CT molecular complexity index is 557. The second-order valence-electron chi connectivity index (χ2n) is 3.47. The van der Waals surface area contributed by atoms with E-state index in [-0.39, 0.29) is 5.56 Å². The molecule has 0 saturated carbocycles. The third-order valence-corrected chi connectivity index (χ3v) is 2.41. The number of carboxylic acids is 1. The molecule has 1 aromatic heterocycles. The molecule has 0 bridgehead atoms. The lowest BCUT2D eigenvalue weighted by Gasteiger charge is -2.01. The number of hydrogen-bond donors (Lipinski definition) is 2. The zero-order valence-electron chi connectivity index (χ0n) is 8.48. The second kappa shape index (κ2) is 2.98. The van der Waals surface area contributed by atoms with Gasteiger partial charge in [0, 0.05) is 18.1 Å². The minimum Gasteiger partial charge on any atom is -0.478 e. The Labute approximate surface area is 86.1 Å². The summed E-state index contributed by atoms with van der Waals surface area (Å²) in [4.78, 5) is 10.8. The molecule has 0 aliphatic carbocycles. The van der Waals surface area contributed by atoms with Crippen molar-refractivity contribution < 1.29 is 9.90 Å². The van der Waals surface area contributed by atoms with E-state index >= 15 is 0 Å². The van der Waals surface area contributed by atoms with E-state index in [1.54, 1.807) is 17.8 Å². The Balaban J connectivity index is 2.87. The molecule has 5 heteroatoms. The molecule has 0 unspecified atom stereocenters. The number of anilines is 1. The Morgan fingerprint density at radius 3 is 2.80 bits per heavy atom. The van der Waals surface area contributed by atoms with Crippen molar-refractivity contribution in [2.45, 2.75) is 6.92 Å². The fourth-order valence-corrected chi connectivity index (χ4v) is 1.75. The molecule has 0 radical (unpaired) electrons. The van der Waals surface area contributed by atoms with E-state index in [1.807, 2.05) is 6.92 Å². The first kappa shape index (κ1) is 9.51. The molecule has 0 aliphatic rings. The zero-order chi connectivity index (χ0) is 11.2. The van der Waals surface area contributed by atoms with Crippen LogP contribution in [0.2, 0.25) is 0 Å². The first-order valence-corrected chi connectivity index (χ1v) is 4.47. The van der Waals surface area contributed by atoms with Crippen LogP contribution >= 0.6 is 0 Å². The van der Waals surface area contributed by atoms with Crippen molar-refractivity contribution in [2.75, 3.05) is 5.73 Å². The highest BCUT2D eigenvalue weighted by Gasteiger charge is 2.12. The smallest absolute Gasteiger partial charge is 0.335 e.